The predicted octanol–water partition coefficient (Wildman–Crippen LogP) is -0.632. The number of methoxy groups -OCH3 is 1. The predicted molar refractivity (Wildman–Crippen MR) is 81.4 cm³/mol. The summed E-state index contributed by atoms with van der Waals surface area (Å²) in [5.74, 6) is 0.0836. The molecule has 126 valence electrons. The molecule has 2 saturated heterocycles. The Bertz CT molecular complexity index is 371. The van der Waals surface area contributed by atoms with Gasteiger partial charge < -0.3 is 25.0 Å². The molecule has 0 atom stereocenters. The number of piperidine rings is 1. The Kier molecular flexibility index (Phi) is 6.60. The summed E-state index contributed by atoms with van der Waals surface area (Å²) >= 11 is 0. The summed E-state index contributed by atoms with van der Waals surface area (Å²) in [5, 5.41) is 6.18. The van der Waals surface area contributed by atoms with Gasteiger partial charge in [-0.25, -0.2) is 0 Å². The zero-order valence-corrected chi connectivity index (χ0v) is 13.4. The van der Waals surface area contributed by atoms with Gasteiger partial charge in [-0.2, -0.15) is 0 Å². The Morgan fingerprint density at radius 3 is 2.59 bits per heavy atom. The SMILES string of the molecule is COCC1(C(=O)NCCC(=O)N2CCOCC2)CCNCC1. The minimum atomic E-state index is -0.456. The van der Waals surface area contributed by atoms with Gasteiger partial charge in [0.15, 0.2) is 0 Å². The van der Waals surface area contributed by atoms with Crippen LogP contribution < -0.4 is 10.6 Å². The van der Waals surface area contributed by atoms with E-state index in [1.807, 2.05) is 0 Å². The monoisotopic (exact) mass is 313 g/mol. The molecule has 0 spiro atoms. The van der Waals surface area contributed by atoms with Crippen molar-refractivity contribution in [2.75, 3.05) is 59.7 Å². The van der Waals surface area contributed by atoms with Crippen molar-refractivity contribution in [2.24, 2.45) is 5.41 Å². The van der Waals surface area contributed by atoms with Crippen molar-refractivity contribution in [3.05, 3.63) is 0 Å². The molecule has 0 aliphatic carbocycles. The number of rotatable bonds is 6. The first-order valence-electron chi connectivity index (χ1n) is 8.01. The summed E-state index contributed by atoms with van der Waals surface area (Å²) in [6.07, 6.45) is 1.88. The largest absolute Gasteiger partial charge is 0.384 e. The molecule has 0 aromatic heterocycles. The molecule has 2 aliphatic rings. The maximum atomic E-state index is 12.5. The van der Waals surface area contributed by atoms with Crippen LogP contribution in [0.1, 0.15) is 19.3 Å². The van der Waals surface area contributed by atoms with Gasteiger partial charge in [0.2, 0.25) is 11.8 Å². The Morgan fingerprint density at radius 1 is 1.27 bits per heavy atom. The summed E-state index contributed by atoms with van der Waals surface area (Å²) in [4.78, 5) is 26.3. The Balaban J connectivity index is 1.76. The maximum absolute atomic E-state index is 12.5. The number of carbonyl (C=O) groups is 2. The van der Waals surface area contributed by atoms with Crippen molar-refractivity contribution in [1.29, 1.82) is 0 Å². The fourth-order valence-corrected chi connectivity index (χ4v) is 3.06. The van der Waals surface area contributed by atoms with Crippen molar-refractivity contribution in [1.82, 2.24) is 15.5 Å². The van der Waals surface area contributed by atoms with E-state index in [0.717, 1.165) is 25.9 Å². The van der Waals surface area contributed by atoms with Crippen LogP contribution in [0, 0.1) is 5.41 Å². The molecule has 0 unspecified atom stereocenters. The van der Waals surface area contributed by atoms with E-state index in [9.17, 15) is 9.59 Å². The van der Waals surface area contributed by atoms with Crippen molar-refractivity contribution >= 4 is 11.8 Å². The lowest BCUT2D eigenvalue weighted by molar-refractivity contribution is -0.137. The van der Waals surface area contributed by atoms with Gasteiger partial charge in [0.25, 0.3) is 0 Å². The first kappa shape index (κ1) is 17.2. The van der Waals surface area contributed by atoms with Crippen molar-refractivity contribution in [3.8, 4) is 0 Å². The fourth-order valence-electron chi connectivity index (χ4n) is 3.06. The van der Waals surface area contributed by atoms with Gasteiger partial charge in [0, 0.05) is 33.2 Å². The van der Waals surface area contributed by atoms with Crippen LogP contribution in [0.4, 0.5) is 0 Å². The van der Waals surface area contributed by atoms with Crippen LogP contribution in [0.15, 0.2) is 0 Å². The molecular weight excluding hydrogens is 286 g/mol. The number of nitrogens with zero attached hydrogens (tertiary/aromatic N) is 1. The molecule has 0 saturated carbocycles. The number of nitrogens with one attached hydrogen (secondary N) is 2. The molecule has 7 heteroatoms. The molecule has 0 bridgehead atoms. The highest BCUT2D eigenvalue weighted by Gasteiger charge is 2.39. The molecule has 2 rings (SSSR count). The summed E-state index contributed by atoms with van der Waals surface area (Å²) < 4.78 is 10.5. The van der Waals surface area contributed by atoms with E-state index in [1.165, 1.54) is 0 Å². The quantitative estimate of drug-likeness (QED) is 0.682. The Morgan fingerprint density at radius 2 is 1.95 bits per heavy atom. The zero-order chi connectivity index (χ0) is 15.8. The highest BCUT2D eigenvalue weighted by atomic mass is 16.5. The number of ether oxygens (including phenoxy) is 2. The zero-order valence-electron chi connectivity index (χ0n) is 13.4. The molecule has 2 heterocycles. The molecule has 2 aliphatic heterocycles. The molecule has 7 nitrogen and oxygen atoms in total. The molecule has 0 radical (unpaired) electrons. The first-order chi connectivity index (χ1) is 10.7. The highest BCUT2D eigenvalue weighted by molar-refractivity contribution is 5.84. The normalized spacial score (nSPS) is 21.4. The summed E-state index contributed by atoms with van der Waals surface area (Å²) in [5.41, 5.74) is -0.456. The fraction of sp³-hybridized carbons (Fsp3) is 0.867. The van der Waals surface area contributed by atoms with E-state index < -0.39 is 5.41 Å². The summed E-state index contributed by atoms with van der Waals surface area (Å²) in [7, 11) is 1.62. The van der Waals surface area contributed by atoms with Gasteiger partial charge in [0.05, 0.1) is 25.2 Å². The van der Waals surface area contributed by atoms with Gasteiger partial charge in [-0.15, -0.1) is 0 Å². The van der Waals surface area contributed by atoms with Crippen LogP contribution in [-0.4, -0.2) is 76.4 Å². The summed E-state index contributed by atoms with van der Waals surface area (Å²) in [6.45, 7) is 4.95. The third-order valence-corrected chi connectivity index (χ3v) is 4.45. The van der Waals surface area contributed by atoms with Gasteiger partial charge in [-0.3, -0.25) is 9.59 Å². The highest BCUT2D eigenvalue weighted by Crippen LogP contribution is 2.29. The van der Waals surface area contributed by atoms with Crippen molar-refractivity contribution in [2.45, 2.75) is 19.3 Å². The number of morpholine rings is 1. The minimum absolute atomic E-state index is 0.00521. The van der Waals surface area contributed by atoms with Crippen LogP contribution >= 0.6 is 0 Å². The van der Waals surface area contributed by atoms with E-state index in [1.54, 1.807) is 12.0 Å². The van der Waals surface area contributed by atoms with Crippen LogP contribution in [0.5, 0.6) is 0 Å². The maximum Gasteiger partial charge on any atom is 0.228 e. The van der Waals surface area contributed by atoms with E-state index in [-0.39, 0.29) is 11.8 Å². The third-order valence-electron chi connectivity index (χ3n) is 4.45. The Hall–Kier alpha value is -1.18. The van der Waals surface area contributed by atoms with Crippen molar-refractivity contribution < 1.29 is 19.1 Å². The second-order valence-corrected chi connectivity index (χ2v) is 5.96. The third kappa shape index (κ3) is 4.41. The number of hydrogen-bond donors (Lipinski definition) is 2. The van der Waals surface area contributed by atoms with Gasteiger partial charge in [0.1, 0.15) is 0 Å². The van der Waals surface area contributed by atoms with E-state index in [4.69, 9.17) is 9.47 Å². The van der Waals surface area contributed by atoms with E-state index in [2.05, 4.69) is 10.6 Å². The average Bonchev–Trinajstić information content (AvgIpc) is 2.56. The lowest BCUT2D eigenvalue weighted by Gasteiger charge is -2.35. The van der Waals surface area contributed by atoms with Crippen molar-refractivity contribution in [3.63, 3.8) is 0 Å². The molecule has 22 heavy (non-hydrogen) atoms. The molecule has 2 amide bonds. The number of carbonyl (C=O) groups excluding carboxylic acids is 2. The standard InChI is InChI=1S/C15H27N3O4/c1-21-12-15(3-6-16-7-4-15)14(20)17-5-2-13(19)18-8-10-22-11-9-18/h16H,2-12H2,1H3,(H,17,20). The van der Waals surface area contributed by atoms with Gasteiger partial charge >= 0.3 is 0 Å². The number of amides is 2. The topological polar surface area (TPSA) is 79.9 Å². The van der Waals surface area contributed by atoms with Gasteiger partial charge in [-0.05, 0) is 25.9 Å². The minimum Gasteiger partial charge on any atom is -0.384 e. The molecular formula is C15H27N3O4. The van der Waals surface area contributed by atoms with E-state index >= 15 is 0 Å². The van der Waals surface area contributed by atoms with Crippen LogP contribution in [0.2, 0.25) is 0 Å². The molecule has 0 aromatic carbocycles. The summed E-state index contributed by atoms with van der Waals surface area (Å²) in [6, 6.07) is 0. The molecule has 0 aromatic rings. The molecule has 2 fully saturated rings. The van der Waals surface area contributed by atoms with E-state index in [0.29, 0.717) is 45.9 Å². The number of hydrogen-bond acceptors (Lipinski definition) is 5. The second-order valence-electron chi connectivity index (χ2n) is 5.96. The van der Waals surface area contributed by atoms with Crippen LogP contribution in [0.25, 0.3) is 0 Å². The molecule has 2 N–H and O–H groups in total. The lowest BCUT2D eigenvalue weighted by atomic mass is 9.78. The van der Waals surface area contributed by atoms with Gasteiger partial charge in [-0.1, -0.05) is 0 Å². The smallest absolute Gasteiger partial charge is 0.228 e. The van der Waals surface area contributed by atoms with Crippen LogP contribution in [0.3, 0.4) is 0 Å². The first-order valence-corrected chi connectivity index (χ1v) is 8.01. The Labute approximate surface area is 131 Å². The second kappa shape index (κ2) is 8.45. The van der Waals surface area contributed by atoms with Crippen LogP contribution in [-0.2, 0) is 19.1 Å². The average molecular weight is 313 g/mol. The lowest BCUT2D eigenvalue weighted by Crippen LogP contribution is -2.50.